The molecular formula is C35H44N4O7. The molecule has 0 unspecified atom stereocenters. The lowest BCUT2D eigenvalue weighted by Gasteiger charge is -2.39. The second-order valence-corrected chi connectivity index (χ2v) is 12.5. The summed E-state index contributed by atoms with van der Waals surface area (Å²) < 4.78 is 23.4. The van der Waals surface area contributed by atoms with Gasteiger partial charge in [-0.2, -0.15) is 0 Å². The Labute approximate surface area is 270 Å². The number of fused-ring (bicyclic) bond motifs is 1. The van der Waals surface area contributed by atoms with Crippen LogP contribution in [0.1, 0.15) is 60.9 Å². The summed E-state index contributed by atoms with van der Waals surface area (Å²) >= 11 is 0. The van der Waals surface area contributed by atoms with Crippen LogP contribution in [0.25, 0.3) is 0 Å². The van der Waals surface area contributed by atoms with Crippen LogP contribution in [0.4, 0.5) is 10.5 Å². The van der Waals surface area contributed by atoms with Crippen LogP contribution >= 0.6 is 0 Å². The van der Waals surface area contributed by atoms with E-state index in [1.165, 1.54) is 17.3 Å². The van der Waals surface area contributed by atoms with Crippen molar-refractivity contribution < 1.29 is 33.3 Å². The van der Waals surface area contributed by atoms with Crippen LogP contribution in [0.5, 0.6) is 11.5 Å². The predicted octanol–water partition coefficient (Wildman–Crippen LogP) is 5.65. The molecule has 0 radical (unpaired) electrons. The Kier molecular flexibility index (Phi) is 11.2. The van der Waals surface area contributed by atoms with Crippen LogP contribution in [-0.2, 0) is 16.1 Å². The van der Waals surface area contributed by atoms with Crippen molar-refractivity contribution in [3.8, 4) is 11.5 Å². The Balaban J connectivity index is 1.61. The number of aromatic nitrogens is 1. The van der Waals surface area contributed by atoms with E-state index in [1.807, 2.05) is 58.9 Å². The first kappa shape index (κ1) is 34.2. The van der Waals surface area contributed by atoms with Crippen molar-refractivity contribution in [2.45, 2.75) is 59.0 Å². The molecule has 0 aliphatic carbocycles. The van der Waals surface area contributed by atoms with E-state index < -0.39 is 17.8 Å². The van der Waals surface area contributed by atoms with Gasteiger partial charge in [-0.15, -0.1) is 0 Å². The molecule has 2 aromatic carbocycles. The third-order valence-electron chi connectivity index (χ3n) is 7.56. The number of carbonyl (C=O) groups excluding carboxylic acids is 3. The maximum absolute atomic E-state index is 14.2. The van der Waals surface area contributed by atoms with Crippen LogP contribution in [0.3, 0.4) is 0 Å². The van der Waals surface area contributed by atoms with Gasteiger partial charge in [0.2, 0.25) is 0 Å². The van der Waals surface area contributed by atoms with Gasteiger partial charge in [0.15, 0.2) is 5.75 Å². The molecule has 0 fully saturated rings. The van der Waals surface area contributed by atoms with Crippen molar-refractivity contribution in [3.05, 3.63) is 83.7 Å². The number of nitrogens with one attached hydrogen (secondary N) is 1. The first-order chi connectivity index (χ1) is 21.9. The minimum atomic E-state index is -0.666. The number of amides is 3. The Morgan fingerprint density at radius 3 is 2.46 bits per heavy atom. The third-order valence-corrected chi connectivity index (χ3v) is 7.56. The molecule has 46 heavy (non-hydrogen) atoms. The van der Waals surface area contributed by atoms with Gasteiger partial charge >= 0.3 is 6.09 Å². The number of methoxy groups -OCH3 is 1. The molecule has 0 saturated heterocycles. The second kappa shape index (κ2) is 15.1. The van der Waals surface area contributed by atoms with E-state index >= 15 is 0 Å². The van der Waals surface area contributed by atoms with Gasteiger partial charge in [0.05, 0.1) is 44.2 Å². The van der Waals surface area contributed by atoms with Crippen molar-refractivity contribution in [1.29, 1.82) is 0 Å². The SMILES string of the molecule is COc1ccc(COC[C@H](C)N2C[C@@H](C)[C@H](CN(C)C(=O)OC(C)(C)C)Oc3c(NC(=O)c4ccncc4)cccc3C2=O)cc1. The van der Waals surface area contributed by atoms with Gasteiger partial charge < -0.3 is 34.1 Å². The highest BCUT2D eigenvalue weighted by atomic mass is 16.6. The molecule has 3 atom stereocenters. The van der Waals surface area contributed by atoms with Gasteiger partial charge in [-0.1, -0.05) is 25.1 Å². The van der Waals surface area contributed by atoms with Gasteiger partial charge in [-0.25, -0.2) is 4.79 Å². The summed E-state index contributed by atoms with van der Waals surface area (Å²) in [6, 6.07) is 15.6. The number of carbonyl (C=O) groups is 3. The molecule has 0 spiro atoms. The zero-order chi connectivity index (χ0) is 33.4. The lowest BCUT2D eigenvalue weighted by Crippen LogP contribution is -2.50. The molecule has 1 aromatic heterocycles. The molecular weight excluding hydrogens is 588 g/mol. The fraction of sp³-hybridized carbons (Fsp3) is 0.429. The Bertz CT molecular complexity index is 1490. The van der Waals surface area contributed by atoms with Crippen LogP contribution in [0.2, 0.25) is 0 Å². The van der Waals surface area contributed by atoms with Crippen LogP contribution in [0.15, 0.2) is 67.0 Å². The molecule has 2 heterocycles. The lowest BCUT2D eigenvalue weighted by molar-refractivity contribution is 0.00741. The lowest BCUT2D eigenvalue weighted by atomic mass is 9.99. The number of hydrogen-bond acceptors (Lipinski definition) is 8. The molecule has 1 N–H and O–H groups in total. The monoisotopic (exact) mass is 632 g/mol. The minimum Gasteiger partial charge on any atom is -0.497 e. The number of pyridine rings is 1. The van der Waals surface area contributed by atoms with Crippen LogP contribution in [-0.4, -0.2) is 84.3 Å². The Hall–Kier alpha value is -4.64. The van der Waals surface area contributed by atoms with E-state index in [0.29, 0.717) is 36.6 Å². The molecule has 1 aliphatic heterocycles. The normalized spacial score (nSPS) is 17.1. The summed E-state index contributed by atoms with van der Waals surface area (Å²) in [5.41, 5.74) is 1.36. The number of rotatable bonds is 10. The van der Waals surface area contributed by atoms with Crippen molar-refractivity contribution in [3.63, 3.8) is 0 Å². The molecule has 11 nitrogen and oxygen atoms in total. The molecule has 3 aromatic rings. The standard InChI is InChI=1S/C35H44N4O7/c1-23-19-39(24(2)21-44-22-25-11-13-27(43-7)14-12-25)33(41)28-9-8-10-29(37-32(40)26-15-17-36-18-16-26)31(28)45-30(23)20-38(6)34(42)46-35(3,4)5/h8-18,23-24,30H,19-22H2,1-7H3,(H,37,40)/t23-,24+,30+/m1/s1. The summed E-state index contributed by atoms with van der Waals surface area (Å²) in [6.07, 6.45) is 2.03. The number of ether oxygens (including phenoxy) is 4. The molecule has 0 bridgehead atoms. The van der Waals surface area contributed by atoms with Gasteiger partial charge in [0, 0.05) is 37.5 Å². The quantitative estimate of drug-likeness (QED) is 0.305. The van der Waals surface area contributed by atoms with Gasteiger partial charge in [0.25, 0.3) is 11.8 Å². The van der Waals surface area contributed by atoms with Crippen molar-refractivity contribution in [2.75, 3.05) is 39.2 Å². The van der Waals surface area contributed by atoms with Gasteiger partial charge in [-0.05, 0) is 69.7 Å². The number of likely N-dealkylation sites (N-methyl/N-ethyl adjacent to an activating group) is 1. The summed E-state index contributed by atoms with van der Waals surface area (Å²) in [7, 11) is 3.27. The highest BCUT2D eigenvalue weighted by Gasteiger charge is 2.36. The Morgan fingerprint density at radius 1 is 1.11 bits per heavy atom. The summed E-state index contributed by atoms with van der Waals surface area (Å²) in [5, 5.41) is 2.90. The number of para-hydroxylation sites is 1. The molecule has 246 valence electrons. The zero-order valence-electron chi connectivity index (χ0n) is 27.6. The van der Waals surface area contributed by atoms with E-state index in [4.69, 9.17) is 18.9 Å². The fourth-order valence-electron chi connectivity index (χ4n) is 5.00. The highest BCUT2D eigenvalue weighted by Crippen LogP contribution is 2.35. The van der Waals surface area contributed by atoms with E-state index in [2.05, 4.69) is 10.3 Å². The van der Waals surface area contributed by atoms with E-state index in [9.17, 15) is 14.4 Å². The van der Waals surface area contributed by atoms with Crippen LogP contribution in [0, 0.1) is 5.92 Å². The topological polar surface area (TPSA) is 120 Å². The summed E-state index contributed by atoms with van der Waals surface area (Å²) in [5.74, 6) is 0.166. The molecule has 11 heteroatoms. The predicted molar refractivity (Wildman–Crippen MR) is 174 cm³/mol. The van der Waals surface area contributed by atoms with Gasteiger partial charge in [0.1, 0.15) is 17.5 Å². The zero-order valence-corrected chi connectivity index (χ0v) is 27.6. The van der Waals surface area contributed by atoms with Crippen molar-refractivity contribution in [2.24, 2.45) is 5.92 Å². The molecule has 0 saturated carbocycles. The Morgan fingerprint density at radius 2 is 1.80 bits per heavy atom. The maximum Gasteiger partial charge on any atom is 0.410 e. The van der Waals surface area contributed by atoms with E-state index in [-0.39, 0.29) is 36.1 Å². The van der Waals surface area contributed by atoms with Crippen molar-refractivity contribution in [1.82, 2.24) is 14.8 Å². The number of hydrogen-bond donors (Lipinski definition) is 1. The third kappa shape index (κ3) is 8.97. The van der Waals surface area contributed by atoms with Crippen LogP contribution < -0.4 is 14.8 Å². The minimum absolute atomic E-state index is 0.187. The second-order valence-electron chi connectivity index (χ2n) is 12.5. The fourth-order valence-corrected chi connectivity index (χ4v) is 5.00. The summed E-state index contributed by atoms with van der Waals surface area (Å²) in [6.45, 7) is 10.6. The largest absolute Gasteiger partial charge is 0.497 e. The molecule has 1 aliphatic rings. The van der Waals surface area contributed by atoms with Gasteiger partial charge in [-0.3, -0.25) is 14.6 Å². The summed E-state index contributed by atoms with van der Waals surface area (Å²) in [4.78, 5) is 47.4. The highest BCUT2D eigenvalue weighted by molar-refractivity contribution is 6.07. The number of nitrogens with zero attached hydrogens (tertiary/aromatic N) is 3. The van der Waals surface area contributed by atoms with E-state index in [0.717, 1.165) is 11.3 Å². The average molecular weight is 633 g/mol. The smallest absolute Gasteiger partial charge is 0.410 e. The average Bonchev–Trinajstić information content (AvgIpc) is 3.02. The van der Waals surface area contributed by atoms with Crippen molar-refractivity contribution >= 4 is 23.6 Å². The first-order valence-electron chi connectivity index (χ1n) is 15.3. The first-order valence-corrected chi connectivity index (χ1v) is 15.3. The van der Waals surface area contributed by atoms with E-state index in [1.54, 1.807) is 49.4 Å². The molecule has 3 amide bonds. The molecule has 4 rings (SSSR count). The maximum atomic E-state index is 14.2. The number of benzene rings is 2. The number of anilines is 1.